The number of benzene rings is 2. The number of nitrogens with zero attached hydrogens (tertiary/aromatic N) is 1. The highest BCUT2D eigenvalue weighted by atomic mass is 19.1. The highest BCUT2D eigenvalue weighted by Crippen LogP contribution is 2.28. The zero-order valence-corrected chi connectivity index (χ0v) is 14.5. The molecule has 1 fully saturated rings. The molecule has 0 bridgehead atoms. The minimum Gasteiger partial charge on any atom is -0.497 e. The molecule has 136 valence electrons. The van der Waals surface area contributed by atoms with E-state index in [-0.39, 0.29) is 30.5 Å². The number of hydrogen-bond acceptors (Lipinski definition) is 4. The lowest BCUT2D eigenvalue weighted by Gasteiger charge is -2.17. The summed E-state index contributed by atoms with van der Waals surface area (Å²) < 4.78 is 23.7. The molecule has 7 heteroatoms. The molecule has 6 nitrogen and oxygen atoms in total. The van der Waals surface area contributed by atoms with Crippen LogP contribution in [0.1, 0.15) is 6.42 Å². The van der Waals surface area contributed by atoms with Crippen molar-refractivity contribution < 1.29 is 23.5 Å². The molecule has 1 aliphatic heterocycles. The maximum absolute atomic E-state index is 13.7. The van der Waals surface area contributed by atoms with E-state index in [9.17, 15) is 14.0 Å². The van der Waals surface area contributed by atoms with Crippen LogP contribution in [0.2, 0.25) is 0 Å². The molecule has 26 heavy (non-hydrogen) atoms. The number of carbonyl (C=O) groups is 2. The standard InChI is InChI=1S/C19H19FN2O4/c1-25-15-6-4-14(5-7-15)22-11-12(9-18(22)23)19(24)21-13-3-8-17(26-2)16(20)10-13/h3-8,10,12H,9,11H2,1-2H3,(H,21,24). The fourth-order valence-corrected chi connectivity index (χ4v) is 2.88. The van der Waals surface area contributed by atoms with Crippen LogP contribution in [0.5, 0.6) is 11.5 Å². The second kappa shape index (κ2) is 7.43. The molecule has 0 saturated carbocycles. The lowest BCUT2D eigenvalue weighted by Crippen LogP contribution is -2.28. The summed E-state index contributed by atoms with van der Waals surface area (Å²) >= 11 is 0. The predicted molar refractivity (Wildman–Crippen MR) is 95.0 cm³/mol. The van der Waals surface area contributed by atoms with Crippen LogP contribution >= 0.6 is 0 Å². The molecular formula is C19H19FN2O4. The molecule has 0 radical (unpaired) electrons. The summed E-state index contributed by atoms with van der Waals surface area (Å²) in [7, 11) is 2.94. The fourth-order valence-electron chi connectivity index (χ4n) is 2.88. The van der Waals surface area contributed by atoms with Crippen molar-refractivity contribution in [3.63, 3.8) is 0 Å². The van der Waals surface area contributed by atoms with E-state index >= 15 is 0 Å². The van der Waals surface area contributed by atoms with Gasteiger partial charge in [-0.1, -0.05) is 0 Å². The van der Waals surface area contributed by atoms with Gasteiger partial charge in [0.2, 0.25) is 11.8 Å². The van der Waals surface area contributed by atoms with Gasteiger partial charge in [0.15, 0.2) is 11.6 Å². The number of amides is 2. The van der Waals surface area contributed by atoms with E-state index in [4.69, 9.17) is 9.47 Å². The Hall–Kier alpha value is -3.09. The molecular weight excluding hydrogens is 339 g/mol. The number of halogens is 1. The number of carbonyl (C=O) groups excluding carboxylic acids is 2. The Labute approximate surface area is 150 Å². The van der Waals surface area contributed by atoms with Gasteiger partial charge in [0.05, 0.1) is 20.1 Å². The van der Waals surface area contributed by atoms with E-state index in [1.54, 1.807) is 42.3 Å². The van der Waals surface area contributed by atoms with Crippen molar-refractivity contribution in [2.24, 2.45) is 5.92 Å². The van der Waals surface area contributed by atoms with Gasteiger partial charge in [-0.2, -0.15) is 0 Å². The third-order valence-corrected chi connectivity index (χ3v) is 4.30. The maximum Gasteiger partial charge on any atom is 0.229 e. The third kappa shape index (κ3) is 3.61. The molecule has 2 aromatic carbocycles. The molecule has 2 amide bonds. The van der Waals surface area contributed by atoms with Gasteiger partial charge in [0, 0.05) is 30.4 Å². The van der Waals surface area contributed by atoms with Crippen LogP contribution < -0.4 is 19.7 Å². The Kier molecular flexibility index (Phi) is 5.06. The van der Waals surface area contributed by atoms with E-state index < -0.39 is 11.7 Å². The Morgan fingerprint density at radius 2 is 1.88 bits per heavy atom. The van der Waals surface area contributed by atoms with Crippen molar-refractivity contribution in [1.82, 2.24) is 0 Å². The van der Waals surface area contributed by atoms with Crippen LogP contribution in [-0.4, -0.2) is 32.6 Å². The summed E-state index contributed by atoms with van der Waals surface area (Å²) in [6.45, 7) is 0.273. The van der Waals surface area contributed by atoms with Crippen LogP contribution in [0.4, 0.5) is 15.8 Å². The van der Waals surface area contributed by atoms with Crippen molar-refractivity contribution in [3.05, 3.63) is 48.3 Å². The van der Waals surface area contributed by atoms with Gasteiger partial charge >= 0.3 is 0 Å². The average Bonchev–Trinajstić information content (AvgIpc) is 3.04. The smallest absolute Gasteiger partial charge is 0.229 e. The molecule has 3 rings (SSSR count). The molecule has 1 unspecified atom stereocenters. The Bertz CT molecular complexity index is 823. The van der Waals surface area contributed by atoms with Gasteiger partial charge in [0.25, 0.3) is 0 Å². The van der Waals surface area contributed by atoms with Crippen LogP contribution in [0.25, 0.3) is 0 Å². The average molecular weight is 358 g/mol. The van der Waals surface area contributed by atoms with Gasteiger partial charge in [-0.15, -0.1) is 0 Å². The number of ether oxygens (including phenoxy) is 2. The summed E-state index contributed by atoms with van der Waals surface area (Å²) in [5.41, 5.74) is 1.03. The van der Waals surface area contributed by atoms with Crippen molar-refractivity contribution in [1.29, 1.82) is 0 Å². The van der Waals surface area contributed by atoms with Crippen molar-refractivity contribution in [2.45, 2.75) is 6.42 Å². The lowest BCUT2D eigenvalue weighted by molar-refractivity contribution is -0.122. The lowest BCUT2D eigenvalue weighted by atomic mass is 10.1. The van der Waals surface area contributed by atoms with Crippen LogP contribution in [0.15, 0.2) is 42.5 Å². The molecule has 1 saturated heterocycles. The maximum atomic E-state index is 13.7. The van der Waals surface area contributed by atoms with Gasteiger partial charge < -0.3 is 19.7 Å². The first-order chi connectivity index (χ1) is 12.5. The van der Waals surface area contributed by atoms with Crippen LogP contribution in [0, 0.1) is 11.7 Å². The first kappa shape index (κ1) is 17.7. The number of rotatable bonds is 5. The summed E-state index contributed by atoms with van der Waals surface area (Å²) in [6, 6.07) is 11.2. The minimum absolute atomic E-state index is 0.102. The highest BCUT2D eigenvalue weighted by molar-refractivity contribution is 6.03. The monoisotopic (exact) mass is 358 g/mol. The zero-order valence-electron chi connectivity index (χ0n) is 14.5. The van der Waals surface area contributed by atoms with Gasteiger partial charge in [-0.25, -0.2) is 4.39 Å². The van der Waals surface area contributed by atoms with Gasteiger partial charge in [-0.05, 0) is 36.4 Å². The second-order valence-corrected chi connectivity index (χ2v) is 5.94. The molecule has 1 atom stereocenters. The second-order valence-electron chi connectivity index (χ2n) is 5.94. The number of anilines is 2. The number of nitrogens with one attached hydrogen (secondary N) is 1. The Morgan fingerprint density at radius 3 is 2.50 bits per heavy atom. The fraction of sp³-hybridized carbons (Fsp3) is 0.263. The van der Waals surface area contributed by atoms with E-state index in [0.29, 0.717) is 17.1 Å². The largest absolute Gasteiger partial charge is 0.497 e. The first-order valence-electron chi connectivity index (χ1n) is 8.10. The molecule has 0 spiro atoms. The van der Waals surface area contributed by atoms with E-state index in [1.807, 2.05) is 0 Å². The SMILES string of the molecule is COc1ccc(N2CC(C(=O)Nc3ccc(OC)c(F)c3)CC2=O)cc1. The molecule has 0 aromatic heterocycles. The number of hydrogen-bond donors (Lipinski definition) is 1. The summed E-state index contributed by atoms with van der Waals surface area (Å²) in [6.07, 6.45) is 0.108. The topological polar surface area (TPSA) is 67.9 Å². The van der Waals surface area contributed by atoms with Gasteiger partial charge in [0.1, 0.15) is 5.75 Å². The minimum atomic E-state index is -0.562. The summed E-state index contributed by atoms with van der Waals surface area (Å²) in [4.78, 5) is 26.3. The quantitative estimate of drug-likeness (QED) is 0.892. The van der Waals surface area contributed by atoms with E-state index in [1.165, 1.54) is 19.2 Å². The summed E-state index contributed by atoms with van der Waals surface area (Å²) in [5, 5.41) is 2.65. The van der Waals surface area contributed by atoms with Crippen molar-refractivity contribution in [3.8, 4) is 11.5 Å². The summed E-state index contributed by atoms with van der Waals surface area (Å²) in [5.74, 6) is -0.724. The van der Waals surface area contributed by atoms with Gasteiger partial charge in [-0.3, -0.25) is 9.59 Å². The molecule has 0 aliphatic carbocycles. The number of methoxy groups -OCH3 is 2. The third-order valence-electron chi connectivity index (χ3n) is 4.30. The Morgan fingerprint density at radius 1 is 1.15 bits per heavy atom. The van der Waals surface area contributed by atoms with Crippen molar-refractivity contribution >= 4 is 23.2 Å². The van der Waals surface area contributed by atoms with Crippen molar-refractivity contribution in [2.75, 3.05) is 31.0 Å². The predicted octanol–water partition coefficient (Wildman–Crippen LogP) is 2.83. The molecule has 1 N–H and O–H groups in total. The first-order valence-corrected chi connectivity index (χ1v) is 8.10. The zero-order chi connectivity index (χ0) is 18.7. The normalized spacial score (nSPS) is 16.5. The van der Waals surface area contributed by atoms with E-state index in [0.717, 1.165) is 0 Å². The van der Waals surface area contributed by atoms with E-state index in [2.05, 4.69) is 5.32 Å². The Balaban J connectivity index is 1.67. The highest BCUT2D eigenvalue weighted by Gasteiger charge is 2.35. The molecule has 1 aliphatic rings. The van der Waals surface area contributed by atoms with Crippen LogP contribution in [-0.2, 0) is 9.59 Å². The molecule has 2 aromatic rings. The van der Waals surface area contributed by atoms with Crippen LogP contribution in [0.3, 0.4) is 0 Å². The molecule has 1 heterocycles.